The number of pyridine rings is 1. The third-order valence-electron chi connectivity index (χ3n) is 2.25. The SMILES string of the molecule is CCOC(=O)Cc1cnc(C(F)(F)F)c(C(F)F)c1I. The van der Waals surface area contributed by atoms with Crippen molar-refractivity contribution in [2.75, 3.05) is 6.61 Å². The van der Waals surface area contributed by atoms with Crippen molar-refractivity contribution < 1.29 is 31.5 Å². The summed E-state index contributed by atoms with van der Waals surface area (Å²) in [7, 11) is 0. The van der Waals surface area contributed by atoms with Crippen LogP contribution >= 0.6 is 22.6 Å². The molecule has 0 radical (unpaired) electrons. The Morgan fingerprint density at radius 3 is 2.50 bits per heavy atom. The first kappa shape index (κ1) is 17.1. The average Bonchev–Trinajstić information content (AvgIpc) is 2.29. The van der Waals surface area contributed by atoms with Crippen molar-refractivity contribution in [2.24, 2.45) is 0 Å². The number of nitrogens with zero attached hydrogens (tertiary/aromatic N) is 1. The number of carbonyl (C=O) groups excluding carboxylic acids is 1. The van der Waals surface area contributed by atoms with E-state index in [0.717, 1.165) is 6.20 Å². The molecule has 20 heavy (non-hydrogen) atoms. The molecule has 0 N–H and O–H groups in total. The van der Waals surface area contributed by atoms with Gasteiger partial charge in [-0.1, -0.05) is 0 Å². The second-order valence-corrected chi connectivity index (χ2v) is 4.72. The maximum atomic E-state index is 12.8. The summed E-state index contributed by atoms with van der Waals surface area (Å²) >= 11 is 1.36. The highest BCUT2D eigenvalue weighted by atomic mass is 127. The second-order valence-electron chi connectivity index (χ2n) is 3.64. The Balaban J connectivity index is 3.26. The normalized spacial score (nSPS) is 11.8. The van der Waals surface area contributed by atoms with Crippen LogP contribution in [0.4, 0.5) is 22.0 Å². The molecule has 0 bridgehead atoms. The number of aromatic nitrogens is 1. The summed E-state index contributed by atoms with van der Waals surface area (Å²) in [5, 5.41) is 0. The second kappa shape index (κ2) is 6.64. The molecule has 0 aliphatic carbocycles. The lowest BCUT2D eigenvalue weighted by molar-refractivity contribution is -0.143. The van der Waals surface area contributed by atoms with Crippen LogP contribution in [0.3, 0.4) is 0 Å². The van der Waals surface area contributed by atoms with Gasteiger partial charge in [0.05, 0.1) is 18.6 Å². The highest BCUT2D eigenvalue weighted by Crippen LogP contribution is 2.38. The largest absolute Gasteiger partial charge is 0.466 e. The van der Waals surface area contributed by atoms with Gasteiger partial charge < -0.3 is 4.74 Å². The molecule has 9 heteroatoms. The molecule has 1 rings (SSSR count). The third kappa shape index (κ3) is 4.00. The highest BCUT2D eigenvalue weighted by Gasteiger charge is 2.39. The molecular formula is C11H9F5INO2. The summed E-state index contributed by atoms with van der Waals surface area (Å²) < 4.78 is 67.8. The standard InChI is InChI=1S/C11H9F5INO2/c1-2-20-6(19)3-5-4-18-9(11(14,15)16)7(8(5)17)10(12)13/h4,10H,2-3H2,1H3. The first-order valence-electron chi connectivity index (χ1n) is 5.36. The van der Waals surface area contributed by atoms with Crippen molar-refractivity contribution in [2.45, 2.75) is 25.9 Å². The molecule has 0 aliphatic heterocycles. The number of ether oxygens (including phenoxy) is 1. The van der Waals surface area contributed by atoms with Crippen molar-refractivity contribution in [1.82, 2.24) is 4.98 Å². The third-order valence-corrected chi connectivity index (χ3v) is 3.52. The Morgan fingerprint density at radius 2 is 2.05 bits per heavy atom. The van der Waals surface area contributed by atoms with E-state index in [-0.39, 0.29) is 15.7 Å². The van der Waals surface area contributed by atoms with E-state index in [1.165, 1.54) is 22.6 Å². The molecule has 112 valence electrons. The summed E-state index contributed by atoms with van der Waals surface area (Å²) in [4.78, 5) is 14.3. The predicted molar refractivity (Wildman–Crippen MR) is 67.3 cm³/mol. The minimum absolute atomic E-state index is 0.0210. The summed E-state index contributed by atoms with van der Waals surface area (Å²) in [6.07, 6.45) is -7.95. The number of halogens is 6. The van der Waals surface area contributed by atoms with Crippen LogP contribution in [0.5, 0.6) is 0 Å². The lowest BCUT2D eigenvalue weighted by Crippen LogP contribution is -2.17. The molecule has 0 spiro atoms. The minimum atomic E-state index is -4.98. The molecule has 0 saturated carbocycles. The maximum Gasteiger partial charge on any atom is 0.433 e. The van der Waals surface area contributed by atoms with Gasteiger partial charge in [-0.2, -0.15) is 13.2 Å². The summed E-state index contributed by atoms with van der Waals surface area (Å²) in [5.41, 5.74) is -2.86. The van der Waals surface area contributed by atoms with E-state index in [4.69, 9.17) is 0 Å². The highest BCUT2D eigenvalue weighted by molar-refractivity contribution is 14.1. The van der Waals surface area contributed by atoms with Gasteiger partial charge in [0.1, 0.15) is 0 Å². The molecule has 0 aliphatic rings. The van der Waals surface area contributed by atoms with Gasteiger partial charge in [0.2, 0.25) is 0 Å². The topological polar surface area (TPSA) is 39.2 Å². The molecule has 1 heterocycles. The Labute approximate surface area is 124 Å². The van der Waals surface area contributed by atoms with E-state index in [1.807, 2.05) is 0 Å². The summed E-state index contributed by atoms with van der Waals surface area (Å²) in [6.45, 7) is 1.64. The number of hydrogen-bond donors (Lipinski definition) is 0. The fraction of sp³-hybridized carbons (Fsp3) is 0.455. The van der Waals surface area contributed by atoms with Gasteiger partial charge >= 0.3 is 12.1 Å². The lowest BCUT2D eigenvalue weighted by Gasteiger charge is -2.15. The monoisotopic (exact) mass is 409 g/mol. The van der Waals surface area contributed by atoms with E-state index in [1.54, 1.807) is 6.92 Å². The van der Waals surface area contributed by atoms with Crippen molar-refractivity contribution in [3.05, 3.63) is 26.6 Å². The summed E-state index contributed by atoms with van der Waals surface area (Å²) in [6, 6.07) is 0. The molecule has 0 atom stereocenters. The van der Waals surface area contributed by atoms with Gasteiger partial charge in [-0.3, -0.25) is 9.78 Å². The van der Waals surface area contributed by atoms with Gasteiger partial charge in [-0.15, -0.1) is 0 Å². The van der Waals surface area contributed by atoms with Crippen LogP contribution in [0.15, 0.2) is 6.20 Å². The van der Waals surface area contributed by atoms with Crippen molar-refractivity contribution in [3.63, 3.8) is 0 Å². The quantitative estimate of drug-likeness (QED) is 0.432. The van der Waals surface area contributed by atoms with Crippen LogP contribution in [0.1, 0.15) is 30.2 Å². The lowest BCUT2D eigenvalue weighted by atomic mass is 10.1. The number of hydrogen-bond acceptors (Lipinski definition) is 3. The van der Waals surface area contributed by atoms with Crippen LogP contribution in [0.2, 0.25) is 0 Å². The average molecular weight is 409 g/mol. The van der Waals surface area contributed by atoms with Crippen molar-refractivity contribution in [1.29, 1.82) is 0 Å². The Hall–Kier alpha value is -1.00. The Kier molecular flexibility index (Phi) is 5.66. The van der Waals surface area contributed by atoms with Crippen LogP contribution in [0, 0.1) is 3.57 Å². The number of esters is 1. The van der Waals surface area contributed by atoms with Crippen LogP contribution in [-0.2, 0) is 22.1 Å². The zero-order chi connectivity index (χ0) is 15.5. The van der Waals surface area contributed by atoms with Gasteiger partial charge in [-0.05, 0) is 35.1 Å². The Morgan fingerprint density at radius 1 is 1.45 bits per heavy atom. The molecule has 0 aromatic carbocycles. The van der Waals surface area contributed by atoms with Gasteiger partial charge in [0, 0.05) is 9.77 Å². The smallest absolute Gasteiger partial charge is 0.433 e. The maximum absolute atomic E-state index is 12.8. The number of carbonyl (C=O) groups is 1. The molecule has 0 amide bonds. The van der Waals surface area contributed by atoms with Crippen LogP contribution in [0.25, 0.3) is 0 Å². The molecule has 0 saturated heterocycles. The predicted octanol–water partition coefficient (Wildman–Crippen LogP) is 3.75. The molecule has 1 aromatic heterocycles. The van der Waals surface area contributed by atoms with E-state index >= 15 is 0 Å². The van der Waals surface area contributed by atoms with Crippen molar-refractivity contribution in [3.8, 4) is 0 Å². The molecule has 1 aromatic rings. The van der Waals surface area contributed by atoms with Gasteiger partial charge in [0.25, 0.3) is 6.43 Å². The molecule has 0 fully saturated rings. The molecule has 3 nitrogen and oxygen atoms in total. The van der Waals surface area contributed by atoms with Crippen LogP contribution in [-0.4, -0.2) is 17.6 Å². The molecular weight excluding hydrogens is 400 g/mol. The van der Waals surface area contributed by atoms with Gasteiger partial charge in [0.15, 0.2) is 5.69 Å². The van der Waals surface area contributed by atoms with E-state index in [9.17, 15) is 26.7 Å². The fourth-order valence-corrected chi connectivity index (χ4v) is 2.28. The van der Waals surface area contributed by atoms with E-state index in [0.29, 0.717) is 0 Å². The van der Waals surface area contributed by atoms with Crippen molar-refractivity contribution >= 4 is 28.6 Å². The zero-order valence-corrected chi connectivity index (χ0v) is 12.3. The van der Waals surface area contributed by atoms with Crippen LogP contribution < -0.4 is 0 Å². The first-order valence-corrected chi connectivity index (χ1v) is 6.44. The molecule has 0 unspecified atom stereocenters. The number of rotatable bonds is 4. The minimum Gasteiger partial charge on any atom is -0.466 e. The summed E-state index contributed by atoms with van der Waals surface area (Å²) in [5.74, 6) is -0.716. The van der Waals surface area contributed by atoms with E-state index in [2.05, 4.69) is 9.72 Å². The Bertz CT molecular complexity index is 504. The van der Waals surface area contributed by atoms with E-state index < -0.39 is 36.2 Å². The number of alkyl halides is 5. The fourth-order valence-electron chi connectivity index (χ4n) is 1.46. The zero-order valence-electron chi connectivity index (χ0n) is 10.1. The first-order chi connectivity index (χ1) is 9.18. The van der Waals surface area contributed by atoms with Gasteiger partial charge in [-0.25, -0.2) is 8.78 Å².